The van der Waals surface area contributed by atoms with Crippen molar-refractivity contribution in [3.63, 3.8) is 0 Å². The van der Waals surface area contributed by atoms with Gasteiger partial charge in [0.1, 0.15) is 0 Å². The van der Waals surface area contributed by atoms with Crippen LogP contribution >= 0.6 is 0 Å². The molecule has 1 aliphatic heterocycles. The van der Waals surface area contributed by atoms with E-state index in [0.29, 0.717) is 18.1 Å². The van der Waals surface area contributed by atoms with E-state index in [1.54, 1.807) is 0 Å². The molecule has 0 spiro atoms. The Balaban J connectivity index is 1.67. The normalized spacial score (nSPS) is 30.0. The molecule has 0 aromatic carbocycles. The summed E-state index contributed by atoms with van der Waals surface area (Å²) in [5, 5.41) is 7.82. The van der Waals surface area contributed by atoms with Gasteiger partial charge in [-0.1, -0.05) is 18.0 Å². The summed E-state index contributed by atoms with van der Waals surface area (Å²) >= 11 is 0. The first kappa shape index (κ1) is 13.1. The Hall–Kier alpha value is -0.940. The molecule has 0 radical (unpaired) electrons. The van der Waals surface area contributed by atoms with Gasteiger partial charge in [-0.25, -0.2) is 0 Å². The van der Waals surface area contributed by atoms with Crippen molar-refractivity contribution < 1.29 is 9.26 Å². The highest BCUT2D eigenvalue weighted by atomic mass is 16.5. The molecule has 2 unspecified atom stereocenters. The fraction of sp³-hybridized carbons (Fsp3) is 0.857. The maximum atomic E-state index is 5.88. The third-order valence-corrected chi connectivity index (χ3v) is 4.40. The molecule has 2 aliphatic rings. The van der Waals surface area contributed by atoms with Gasteiger partial charge in [-0.2, -0.15) is 4.98 Å². The predicted molar refractivity (Wildman–Crippen MR) is 70.8 cm³/mol. The summed E-state index contributed by atoms with van der Waals surface area (Å²) in [5.74, 6) is 1.47. The lowest BCUT2D eigenvalue weighted by Crippen LogP contribution is -2.44. The molecule has 1 aliphatic carbocycles. The lowest BCUT2D eigenvalue weighted by atomic mass is 9.96. The van der Waals surface area contributed by atoms with E-state index < -0.39 is 0 Å². The fourth-order valence-corrected chi connectivity index (χ4v) is 3.30. The van der Waals surface area contributed by atoms with Crippen molar-refractivity contribution in [2.45, 2.75) is 70.1 Å². The molecule has 2 heterocycles. The van der Waals surface area contributed by atoms with Crippen molar-refractivity contribution in [3.05, 3.63) is 11.7 Å². The summed E-state index contributed by atoms with van der Waals surface area (Å²) in [6, 6.07) is 0. The lowest BCUT2D eigenvalue weighted by molar-refractivity contribution is 0.0496. The summed E-state index contributed by atoms with van der Waals surface area (Å²) in [6.07, 6.45) is 7.68. The highest BCUT2D eigenvalue weighted by Gasteiger charge is 2.40. The van der Waals surface area contributed by atoms with Crippen LogP contribution in [0.3, 0.4) is 0 Å². The second kappa shape index (κ2) is 5.21. The first-order valence-corrected chi connectivity index (χ1v) is 7.39. The number of hydrogen-bond acceptors (Lipinski definition) is 5. The zero-order valence-corrected chi connectivity index (χ0v) is 11.8. The number of nitrogens with one attached hydrogen (secondary N) is 1. The monoisotopic (exact) mass is 265 g/mol. The van der Waals surface area contributed by atoms with Crippen LogP contribution in [0.5, 0.6) is 0 Å². The van der Waals surface area contributed by atoms with E-state index in [1.807, 2.05) is 6.92 Å². The Bertz CT molecular complexity index is 426. The van der Waals surface area contributed by atoms with E-state index in [4.69, 9.17) is 9.26 Å². The second-order valence-corrected chi connectivity index (χ2v) is 5.95. The third kappa shape index (κ3) is 2.67. The highest BCUT2D eigenvalue weighted by molar-refractivity contribution is 5.08. The molecule has 1 aromatic rings. The number of nitrogens with zero attached hydrogens (tertiary/aromatic N) is 2. The van der Waals surface area contributed by atoms with Crippen molar-refractivity contribution in [3.8, 4) is 0 Å². The molecule has 2 atom stereocenters. The highest BCUT2D eigenvalue weighted by Crippen LogP contribution is 2.37. The molecule has 5 nitrogen and oxygen atoms in total. The van der Waals surface area contributed by atoms with E-state index in [2.05, 4.69) is 22.4 Å². The summed E-state index contributed by atoms with van der Waals surface area (Å²) in [6.45, 7) is 4.88. The van der Waals surface area contributed by atoms with Gasteiger partial charge in [-0.3, -0.25) is 0 Å². The van der Waals surface area contributed by atoms with Crippen LogP contribution in [0.1, 0.15) is 57.2 Å². The SMILES string of the molecule is Cc1nc(C2(NCC3CCC(C)O3)CCCC2)no1. The molecule has 1 aromatic heterocycles. The van der Waals surface area contributed by atoms with Gasteiger partial charge in [-0.15, -0.1) is 0 Å². The van der Waals surface area contributed by atoms with Crippen LogP contribution in [-0.2, 0) is 10.3 Å². The van der Waals surface area contributed by atoms with Gasteiger partial charge in [0.25, 0.3) is 0 Å². The molecule has 3 rings (SSSR count). The van der Waals surface area contributed by atoms with Crippen molar-refractivity contribution in [2.75, 3.05) is 6.54 Å². The molecular weight excluding hydrogens is 242 g/mol. The van der Waals surface area contributed by atoms with E-state index in [-0.39, 0.29) is 5.54 Å². The molecule has 1 saturated carbocycles. The number of rotatable bonds is 4. The van der Waals surface area contributed by atoms with Crippen molar-refractivity contribution >= 4 is 0 Å². The van der Waals surface area contributed by atoms with Gasteiger partial charge in [0.2, 0.25) is 5.89 Å². The van der Waals surface area contributed by atoms with Crippen molar-refractivity contribution in [1.29, 1.82) is 0 Å². The molecule has 0 amide bonds. The summed E-state index contributed by atoms with van der Waals surface area (Å²) in [4.78, 5) is 4.44. The smallest absolute Gasteiger partial charge is 0.223 e. The quantitative estimate of drug-likeness (QED) is 0.905. The Morgan fingerprint density at radius 1 is 1.32 bits per heavy atom. The largest absolute Gasteiger partial charge is 0.374 e. The van der Waals surface area contributed by atoms with Gasteiger partial charge < -0.3 is 14.6 Å². The third-order valence-electron chi connectivity index (χ3n) is 4.40. The maximum Gasteiger partial charge on any atom is 0.223 e. The maximum absolute atomic E-state index is 5.88. The molecule has 5 heteroatoms. The molecule has 1 N–H and O–H groups in total. The van der Waals surface area contributed by atoms with Crippen molar-refractivity contribution in [2.24, 2.45) is 0 Å². The van der Waals surface area contributed by atoms with Crippen LogP contribution in [-0.4, -0.2) is 28.9 Å². The van der Waals surface area contributed by atoms with Gasteiger partial charge >= 0.3 is 0 Å². The minimum atomic E-state index is -0.0903. The van der Waals surface area contributed by atoms with E-state index in [1.165, 1.54) is 19.3 Å². The van der Waals surface area contributed by atoms with Crippen LogP contribution in [0.4, 0.5) is 0 Å². The topological polar surface area (TPSA) is 60.2 Å². The predicted octanol–water partition coefficient (Wildman–Crippen LogP) is 2.30. The minimum absolute atomic E-state index is 0.0903. The van der Waals surface area contributed by atoms with E-state index >= 15 is 0 Å². The van der Waals surface area contributed by atoms with E-state index in [0.717, 1.165) is 31.6 Å². The Morgan fingerprint density at radius 3 is 2.68 bits per heavy atom. The standard InChI is InChI=1S/C14H23N3O2/c1-10-5-6-12(18-10)9-15-14(7-3-4-8-14)13-16-11(2)19-17-13/h10,12,15H,3-9H2,1-2H3. The first-order valence-electron chi connectivity index (χ1n) is 7.39. The average Bonchev–Trinajstić information content (AvgIpc) is 3.08. The van der Waals surface area contributed by atoms with E-state index in [9.17, 15) is 0 Å². The molecule has 19 heavy (non-hydrogen) atoms. The number of hydrogen-bond donors (Lipinski definition) is 1. The van der Waals surface area contributed by atoms with Crippen LogP contribution in [0.15, 0.2) is 4.52 Å². The molecule has 106 valence electrons. The second-order valence-electron chi connectivity index (χ2n) is 5.95. The van der Waals surface area contributed by atoms with Crippen LogP contribution in [0.25, 0.3) is 0 Å². The number of ether oxygens (including phenoxy) is 1. The first-order chi connectivity index (χ1) is 9.18. The molecular formula is C14H23N3O2. The Kier molecular flexibility index (Phi) is 3.58. The van der Waals surface area contributed by atoms with Gasteiger partial charge in [-0.05, 0) is 32.6 Å². The van der Waals surface area contributed by atoms with Crippen LogP contribution in [0, 0.1) is 6.92 Å². The zero-order chi connectivity index (χ0) is 13.3. The van der Waals surface area contributed by atoms with Crippen molar-refractivity contribution in [1.82, 2.24) is 15.5 Å². The van der Waals surface area contributed by atoms with Gasteiger partial charge in [0, 0.05) is 13.5 Å². The molecule has 2 fully saturated rings. The average molecular weight is 265 g/mol. The minimum Gasteiger partial charge on any atom is -0.374 e. The lowest BCUT2D eigenvalue weighted by Gasteiger charge is -2.28. The molecule has 1 saturated heterocycles. The summed E-state index contributed by atoms with van der Waals surface area (Å²) < 4.78 is 11.0. The van der Waals surface area contributed by atoms with Gasteiger partial charge in [0.15, 0.2) is 5.82 Å². The summed E-state index contributed by atoms with van der Waals surface area (Å²) in [7, 11) is 0. The van der Waals surface area contributed by atoms with Crippen LogP contribution < -0.4 is 5.32 Å². The fourth-order valence-electron chi connectivity index (χ4n) is 3.30. The zero-order valence-electron chi connectivity index (χ0n) is 11.8. The van der Waals surface area contributed by atoms with Crippen LogP contribution in [0.2, 0.25) is 0 Å². The molecule has 0 bridgehead atoms. The Morgan fingerprint density at radius 2 is 2.11 bits per heavy atom. The summed E-state index contributed by atoms with van der Waals surface area (Å²) in [5.41, 5.74) is -0.0903. The number of aryl methyl sites for hydroxylation is 1. The van der Waals surface area contributed by atoms with Gasteiger partial charge in [0.05, 0.1) is 17.7 Å². The Labute approximate surface area is 114 Å². The number of aromatic nitrogens is 2.